The van der Waals surface area contributed by atoms with Crippen molar-refractivity contribution in [3.63, 3.8) is 0 Å². The van der Waals surface area contributed by atoms with Crippen LogP contribution in [-0.2, 0) is 17.1 Å². The third-order valence-corrected chi connectivity index (χ3v) is 5.08. The number of carbonyl (C=O) groups excluding carboxylic acids is 1. The summed E-state index contributed by atoms with van der Waals surface area (Å²) in [7, 11) is 0. The number of rotatable bonds is 7. The average molecular weight is 378 g/mol. The Morgan fingerprint density at radius 2 is 1.81 bits per heavy atom. The van der Waals surface area contributed by atoms with Gasteiger partial charge in [0.25, 0.3) is 5.56 Å². The first-order valence-corrected chi connectivity index (χ1v) is 9.93. The zero-order valence-electron chi connectivity index (χ0n) is 15.2. The van der Waals surface area contributed by atoms with E-state index in [1.165, 1.54) is 11.1 Å². The van der Waals surface area contributed by atoms with Gasteiger partial charge in [-0.2, -0.15) is 0 Å². The molecule has 0 unspecified atom stereocenters. The highest BCUT2D eigenvalue weighted by molar-refractivity contribution is 7.99. The van der Waals surface area contributed by atoms with E-state index in [9.17, 15) is 9.59 Å². The van der Waals surface area contributed by atoms with E-state index in [0.717, 1.165) is 17.0 Å². The molecule has 27 heavy (non-hydrogen) atoms. The van der Waals surface area contributed by atoms with Crippen molar-refractivity contribution in [2.24, 2.45) is 0 Å². The fraction of sp³-hybridized carbons (Fsp3) is 0.182. The number of thioether (sulfide) groups is 1. The normalized spacial score (nSPS) is 10.6. The van der Waals surface area contributed by atoms with Crippen LogP contribution in [0.4, 0.5) is 5.69 Å². The summed E-state index contributed by atoms with van der Waals surface area (Å²) in [4.78, 5) is 23.9. The summed E-state index contributed by atoms with van der Waals surface area (Å²) in [6.07, 6.45) is 1.77. The summed E-state index contributed by atoms with van der Waals surface area (Å²) in [5, 5.41) is 2.91. The smallest absolute Gasteiger partial charge is 0.250 e. The Labute approximate surface area is 163 Å². The number of amides is 1. The van der Waals surface area contributed by atoms with Crippen molar-refractivity contribution in [1.29, 1.82) is 0 Å². The van der Waals surface area contributed by atoms with E-state index in [-0.39, 0.29) is 11.5 Å². The van der Waals surface area contributed by atoms with Gasteiger partial charge in [-0.05, 0) is 36.2 Å². The third-order valence-electron chi connectivity index (χ3n) is 4.07. The van der Waals surface area contributed by atoms with E-state index < -0.39 is 0 Å². The molecule has 1 N–H and O–H groups in total. The van der Waals surface area contributed by atoms with Crippen LogP contribution in [0.3, 0.4) is 0 Å². The molecule has 0 aliphatic heterocycles. The van der Waals surface area contributed by atoms with Crippen molar-refractivity contribution in [2.75, 3.05) is 11.1 Å². The van der Waals surface area contributed by atoms with Gasteiger partial charge in [0, 0.05) is 23.7 Å². The van der Waals surface area contributed by atoms with Gasteiger partial charge in [-0.1, -0.05) is 48.0 Å². The van der Waals surface area contributed by atoms with E-state index in [4.69, 9.17) is 0 Å². The van der Waals surface area contributed by atoms with Crippen LogP contribution >= 0.6 is 11.8 Å². The van der Waals surface area contributed by atoms with Crippen molar-refractivity contribution in [3.05, 3.63) is 100.0 Å². The van der Waals surface area contributed by atoms with Crippen molar-refractivity contribution in [2.45, 2.75) is 19.2 Å². The summed E-state index contributed by atoms with van der Waals surface area (Å²) in [6, 6.07) is 21.0. The molecule has 3 rings (SSSR count). The highest BCUT2D eigenvalue weighted by Crippen LogP contribution is 2.15. The third kappa shape index (κ3) is 5.86. The molecular weight excluding hydrogens is 356 g/mol. The molecule has 0 radical (unpaired) electrons. The van der Waals surface area contributed by atoms with Crippen LogP contribution in [0.15, 0.2) is 77.7 Å². The minimum atomic E-state index is -0.0273. The molecule has 5 heteroatoms. The predicted octanol–water partition coefficient (Wildman–Crippen LogP) is 4.08. The molecule has 138 valence electrons. The molecule has 0 bridgehead atoms. The molecule has 4 nitrogen and oxygen atoms in total. The Morgan fingerprint density at radius 3 is 2.56 bits per heavy atom. The van der Waals surface area contributed by atoms with Crippen LogP contribution in [0.25, 0.3) is 0 Å². The first-order chi connectivity index (χ1) is 13.1. The van der Waals surface area contributed by atoms with E-state index in [2.05, 4.69) is 30.4 Å². The minimum absolute atomic E-state index is 0.0142. The van der Waals surface area contributed by atoms with Crippen LogP contribution in [0.5, 0.6) is 0 Å². The van der Waals surface area contributed by atoms with Gasteiger partial charge in [0.15, 0.2) is 0 Å². The first kappa shape index (κ1) is 19.0. The number of hydrogen-bond donors (Lipinski definition) is 1. The zero-order valence-corrected chi connectivity index (χ0v) is 16.0. The Hall–Kier alpha value is -2.79. The topological polar surface area (TPSA) is 51.1 Å². The van der Waals surface area contributed by atoms with Gasteiger partial charge in [-0.3, -0.25) is 9.59 Å². The summed E-state index contributed by atoms with van der Waals surface area (Å²) in [5.74, 6) is 1.22. The molecule has 1 aromatic heterocycles. The first-order valence-electron chi connectivity index (χ1n) is 8.78. The second-order valence-corrected chi connectivity index (χ2v) is 7.38. The molecule has 3 aromatic rings. The Bertz CT molecular complexity index is 964. The maximum absolute atomic E-state index is 12.1. The van der Waals surface area contributed by atoms with Crippen molar-refractivity contribution in [1.82, 2.24) is 4.57 Å². The molecule has 0 spiro atoms. The van der Waals surface area contributed by atoms with Gasteiger partial charge in [0.2, 0.25) is 5.91 Å². The minimum Gasteiger partial charge on any atom is -0.325 e. The SMILES string of the molecule is Cc1cccc(CSCC(=O)Nc2ccc(Cn3ccccc3=O)cc2)c1. The number of hydrogen-bond acceptors (Lipinski definition) is 3. The van der Waals surface area contributed by atoms with Gasteiger partial charge in [-0.15, -0.1) is 11.8 Å². The van der Waals surface area contributed by atoms with Crippen LogP contribution in [0.2, 0.25) is 0 Å². The fourth-order valence-corrected chi connectivity index (χ4v) is 3.52. The highest BCUT2D eigenvalue weighted by Gasteiger charge is 2.04. The Balaban J connectivity index is 1.48. The van der Waals surface area contributed by atoms with Crippen LogP contribution in [0.1, 0.15) is 16.7 Å². The molecule has 0 aliphatic rings. The number of nitrogens with zero attached hydrogens (tertiary/aromatic N) is 1. The molecular formula is C22H22N2O2S. The van der Waals surface area contributed by atoms with Gasteiger partial charge in [-0.25, -0.2) is 0 Å². The lowest BCUT2D eigenvalue weighted by atomic mass is 10.2. The van der Waals surface area contributed by atoms with Crippen LogP contribution in [0, 0.1) is 6.92 Å². The predicted molar refractivity (Wildman–Crippen MR) is 112 cm³/mol. The van der Waals surface area contributed by atoms with Gasteiger partial charge >= 0.3 is 0 Å². The second kappa shape index (κ2) is 9.24. The van der Waals surface area contributed by atoms with E-state index in [1.54, 1.807) is 34.7 Å². The summed E-state index contributed by atoms with van der Waals surface area (Å²) in [6.45, 7) is 2.58. The van der Waals surface area contributed by atoms with Crippen LogP contribution < -0.4 is 10.9 Å². The molecule has 0 aliphatic carbocycles. The maximum atomic E-state index is 12.1. The van der Waals surface area contributed by atoms with E-state index in [0.29, 0.717) is 12.3 Å². The number of aromatic nitrogens is 1. The lowest BCUT2D eigenvalue weighted by molar-refractivity contribution is -0.113. The zero-order chi connectivity index (χ0) is 19.1. The summed E-state index contributed by atoms with van der Waals surface area (Å²) >= 11 is 1.60. The highest BCUT2D eigenvalue weighted by atomic mass is 32.2. The lowest BCUT2D eigenvalue weighted by Crippen LogP contribution is -2.18. The number of carbonyl (C=O) groups is 1. The Kier molecular flexibility index (Phi) is 6.49. The van der Waals surface area contributed by atoms with Crippen LogP contribution in [-0.4, -0.2) is 16.2 Å². The van der Waals surface area contributed by atoms with Crippen molar-refractivity contribution < 1.29 is 4.79 Å². The largest absolute Gasteiger partial charge is 0.325 e. The molecule has 0 saturated carbocycles. The lowest BCUT2D eigenvalue weighted by Gasteiger charge is -2.08. The fourth-order valence-electron chi connectivity index (χ4n) is 2.74. The van der Waals surface area contributed by atoms with E-state index >= 15 is 0 Å². The quantitative estimate of drug-likeness (QED) is 0.674. The maximum Gasteiger partial charge on any atom is 0.250 e. The monoisotopic (exact) mass is 378 g/mol. The molecule has 0 atom stereocenters. The average Bonchev–Trinajstić information content (AvgIpc) is 2.65. The van der Waals surface area contributed by atoms with Crippen molar-refractivity contribution in [3.8, 4) is 0 Å². The molecule has 0 fully saturated rings. The number of anilines is 1. The van der Waals surface area contributed by atoms with Gasteiger partial charge < -0.3 is 9.88 Å². The second-order valence-electron chi connectivity index (χ2n) is 6.39. The summed E-state index contributed by atoms with van der Waals surface area (Å²) < 4.78 is 1.65. The number of pyridine rings is 1. The molecule has 1 amide bonds. The molecule has 0 saturated heterocycles. The summed E-state index contributed by atoms with van der Waals surface area (Å²) in [5.41, 5.74) is 4.21. The van der Waals surface area contributed by atoms with Gasteiger partial charge in [0.1, 0.15) is 0 Å². The Morgan fingerprint density at radius 1 is 1.00 bits per heavy atom. The standard InChI is InChI=1S/C22H22N2O2S/c1-17-5-4-6-19(13-17)15-27-16-21(25)23-20-10-8-18(9-11-20)14-24-12-3-2-7-22(24)26/h2-13H,14-16H2,1H3,(H,23,25). The number of nitrogens with one attached hydrogen (secondary N) is 1. The van der Waals surface area contributed by atoms with Crippen molar-refractivity contribution >= 4 is 23.4 Å². The van der Waals surface area contributed by atoms with Gasteiger partial charge in [0.05, 0.1) is 12.3 Å². The molecule has 2 aromatic carbocycles. The molecule has 1 heterocycles. The number of benzene rings is 2. The van der Waals surface area contributed by atoms with E-state index in [1.807, 2.05) is 36.4 Å². The number of aryl methyl sites for hydroxylation is 1.